The molecule has 0 radical (unpaired) electrons. The maximum atomic E-state index is 13.4. The molecule has 0 bridgehead atoms. The van der Waals surface area contributed by atoms with E-state index in [1.54, 1.807) is 25.0 Å². The Morgan fingerprint density at radius 1 is 1.48 bits per heavy atom. The lowest BCUT2D eigenvalue weighted by Crippen LogP contribution is -2.35. The second-order valence-electron chi connectivity index (χ2n) is 4.25. The fraction of sp³-hybridized carbons (Fsp3) is 0.429. The van der Waals surface area contributed by atoms with E-state index in [1.165, 1.54) is 12.1 Å². The third-order valence-corrected chi connectivity index (χ3v) is 2.98. The molecule has 0 saturated carbocycles. The number of hydrogen-bond donors (Lipinski definition) is 1. The Morgan fingerprint density at radius 2 is 2.19 bits per heavy atom. The van der Waals surface area contributed by atoms with E-state index in [2.05, 4.69) is 0 Å². The van der Waals surface area contributed by atoms with Crippen molar-refractivity contribution in [1.29, 1.82) is 0 Å². The second kappa shape index (κ2) is 8.53. The van der Waals surface area contributed by atoms with Gasteiger partial charge in [-0.05, 0) is 25.1 Å². The van der Waals surface area contributed by atoms with Crippen LogP contribution in [0.4, 0.5) is 10.1 Å². The Labute approximate surface area is 128 Å². The van der Waals surface area contributed by atoms with Gasteiger partial charge in [-0.3, -0.25) is 4.79 Å². The highest BCUT2D eigenvalue weighted by Gasteiger charge is 2.17. The van der Waals surface area contributed by atoms with Crippen LogP contribution in [0.25, 0.3) is 0 Å². The summed E-state index contributed by atoms with van der Waals surface area (Å²) < 4.78 is 23.3. The maximum Gasteiger partial charge on any atom is 0.325 e. The van der Waals surface area contributed by atoms with Crippen molar-refractivity contribution in [3.8, 4) is 0 Å². The number of thiocarbonyl (C=S) groups is 1. The zero-order valence-electron chi connectivity index (χ0n) is 12.1. The number of halogens is 1. The van der Waals surface area contributed by atoms with Gasteiger partial charge >= 0.3 is 5.97 Å². The number of nitrogens with zero attached hydrogens (tertiary/aromatic N) is 1. The summed E-state index contributed by atoms with van der Waals surface area (Å²) >= 11 is 4.94. The van der Waals surface area contributed by atoms with Crippen molar-refractivity contribution in [2.45, 2.75) is 6.92 Å². The van der Waals surface area contributed by atoms with Crippen LogP contribution < -0.4 is 10.6 Å². The van der Waals surface area contributed by atoms with Gasteiger partial charge in [0.25, 0.3) is 0 Å². The number of rotatable bonds is 8. The molecule has 0 unspecified atom stereocenters. The van der Waals surface area contributed by atoms with E-state index < -0.39 is 5.82 Å². The Hall–Kier alpha value is -1.73. The van der Waals surface area contributed by atoms with Gasteiger partial charge in [-0.15, -0.1) is 0 Å². The Bertz CT molecular complexity index is 511. The number of ether oxygens (including phenoxy) is 2. The van der Waals surface area contributed by atoms with Crippen molar-refractivity contribution in [2.24, 2.45) is 5.73 Å². The number of esters is 1. The summed E-state index contributed by atoms with van der Waals surface area (Å²) in [6.07, 6.45) is 0. The maximum absolute atomic E-state index is 13.4. The smallest absolute Gasteiger partial charge is 0.325 e. The van der Waals surface area contributed by atoms with Gasteiger partial charge in [-0.2, -0.15) is 0 Å². The SMILES string of the molecule is CCOC(=O)CN(CCOC)c1ccc(F)cc1C(N)=S. The highest BCUT2D eigenvalue weighted by atomic mass is 32.1. The largest absolute Gasteiger partial charge is 0.465 e. The summed E-state index contributed by atoms with van der Waals surface area (Å²) in [6.45, 7) is 2.86. The zero-order chi connectivity index (χ0) is 15.8. The van der Waals surface area contributed by atoms with E-state index in [-0.39, 0.29) is 17.5 Å². The van der Waals surface area contributed by atoms with E-state index in [1.807, 2.05) is 0 Å². The predicted molar refractivity (Wildman–Crippen MR) is 83.0 cm³/mol. The zero-order valence-corrected chi connectivity index (χ0v) is 12.9. The summed E-state index contributed by atoms with van der Waals surface area (Å²) in [5.41, 5.74) is 6.59. The summed E-state index contributed by atoms with van der Waals surface area (Å²) in [5.74, 6) is -0.823. The standard InChI is InChI=1S/C14H19FN2O3S/c1-3-20-13(18)9-17(6-7-19-2)12-5-4-10(15)8-11(12)14(16)21/h4-5,8H,3,6-7,9H2,1-2H3,(H2,16,21). The number of hydrogen-bond acceptors (Lipinski definition) is 5. The molecule has 0 aliphatic carbocycles. The van der Waals surface area contributed by atoms with E-state index in [0.717, 1.165) is 0 Å². The third kappa shape index (κ3) is 5.28. The van der Waals surface area contributed by atoms with Gasteiger partial charge in [0.05, 0.1) is 13.2 Å². The molecule has 0 saturated heterocycles. The van der Waals surface area contributed by atoms with Crippen LogP contribution in [0, 0.1) is 5.82 Å². The number of benzene rings is 1. The molecule has 5 nitrogen and oxygen atoms in total. The topological polar surface area (TPSA) is 64.8 Å². The van der Waals surface area contributed by atoms with Crippen molar-refractivity contribution < 1.29 is 18.7 Å². The van der Waals surface area contributed by atoms with Gasteiger partial charge < -0.3 is 20.1 Å². The lowest BCUT2D eigenvalue weighted by atomic mass is 10.1. The van der Waals surface area contributed by atoms with Crippen LogP contribution in [-0.4, -0.2) is 44.4 Å². The fourth-order valence-corrected chi connectivity index (χ4v) is 1.99. The van der Waals surface area contributed by atoms with Crippen LogP contribution in [0.15, 0.2) is 18.2 Å². The molecule has 1 rings (SSSR count). The highest BCUT2D eigenvalue weighted by Crippen LogP contribution is 2.22. The van der Waals surface area contributed by atoms with Crippen molar-refractivity contribution in [2.75, 3.05) is 38.3 Å². The van der Waals surface area contributed by atoms with Crippen LogP contribution >= 0.6 is 12.2 Å². The quantitative estimate of drug-likeness (QED) is 0.579. The van der Waals surface area contributed by atoms with Gasteiger partial charge in [0, 0.05) is 24.9 Å². The van der Waals surface area contributed by atoms with Crippen LogP contribution in [0.1, 0.15) is 12.5 Å². The van der Waals surface area contributed by atoms with Gasteiger partial charge in [-0.1, -0.05) is 12.2 Å². The Balaban J connectivity index is 3.07. The Kier molecular flexibility index (Phi) is 7.04. The molecule has 0 amide bonds. The number of methoxy groups -OCH3 is 1. The normalized spacial score (nSPS) is 10.2. The molecule has 0 atom stereocenters. The molecular formula is C14H19FN2O3S. The number of carbonyl (C=O) groups is 1. The van der Waals surface area contributed by atoms with Gasteiger partial charge in [-0.25, -0.2) is 4.39 Å². The first-order chi connectivity index (χ1) is 9.99. The second-order valence-corrected chi connectivity index (χ2v) is 4.68. The average molecular weight is 314 g/mol. The summed E-state index contributed by atoms with van der Waals surface area (Å²) in [7, 11) is 1.56. The van der Waals surface area contributed by atoms with Crippen LogP contribution in [0.3, 0.4) is 0 Å². The first-order valence-electron chi connectivity index (χ1n) is 6.48. The molecule has 0 aliphatic rings. The van der Waals surface area contributed by atoms with E-state index in [0.29, 0.717) is 31.0 Å². The lowest BCUT2D eigenvalue weighted by Gasteiger charge is -2.25. The summed E-state index contributed by atoms with van der Waals surface area (Å²) in [5, 5.41) is 0. The minimum Gasteiger partial charge on any atom is -0.465 e. The van der Waals surface area contributed by atoms with Crippen molar-refractivity contribution in [3.05, 3.63) is 29.6 Å². The molecule has 2 N–H and O–H groups in total. The molecule has 7 heteroatoms. The summed E-state index contributed by atoms with van der Waals surface area (Å²) in [6, 6.07) is 4.09. The molecule has 21 heavy (non-hydrogen) atoms. The van der Waals surface area contributed by atoms with Crippen molar-refractivity contribution in [1.82, 2.24) is 0 Å². The lowest BCUT2D eigenvalue weighted by molar-refractivity contribution is -0.141. The molecule has 0 aromatic heterocycles. The molecular weight excluding hydrogens is 295 g/mol. The molecule has 1 aromatic rings. The van der Waals surface area contributed by atoms with E-state index >= 15 is 0 Å². The molecule has 0 spiro atoms. The minimum atomic E-state index is -0.440. The third-order valence-electron chi connectivity index (χ3n) is 2.76. The predicted octanol–water partition coefficient (Wildman–Crippen LogP) is 1.48. The van der Waals surface area contributed by atoms with Crippen LogP contribution in [-0.2, 0) is 14.3 Å². The van der Waals surface area contributed by atoms with Gasteiger partial charge in [0.2, 0.25) is 0 Å². The average Bonchev–Trinajstić information content (AvgIpc) is 2.43. The molecule has 0 aliphatic heterocycles. The molecule has 0 fully saturated rings. The first-order valence-corrected chi connectivity index (χ1v) is 6.89. The van der Waals surface area contributed by atoms with Gasteiger partial charge in [0.15, 0.2) is 0 Å². The number of anilines is 1. The molecule has 116 valence electrons. The van der Waals surface area contributed by atoms with Crippen LogP contribution in [0.5, 0.6) is 0 Å². The van der Waals surface area contributed by atoms with Gasteiger partial charge in [0.1, 0.15) is 17.4 Å². The number of nitrogens with two attached hydrogens (primary N) is 1. The van der Waals surface area contributed by atoms with Crippen molar-refractivity contribution in [3.63, 3.8) is 0 Å². The fourth-order valence-electron chi connectivity index (χ4n) is 1.83. The van der Waals surface area contributed by atoms with Crippen molar-refractivity contribution >= 4 is 28.9 Å². The molecule has 1 aromatic carbocycles. The minimum absolute atomic E-state index is 0.0123. The Morgan fingerprint density at radius 3 is 2.76 bits per heavy atom. The van der Waals surface area contributed by atoms with E-state index in [9.17, 15) is 9.18 Å². The monoisotopic (exact) mass is 314 g/mol. The number of carbonyl (C=O) groups excluding carboxylic acids is 1. The summed E-state index contributed by atoms with van der Waals surface area (Å²) in [4.78, 5) is 13.5. The van der Waals surface area contributed by atoms with Crippen LogP contribution in [0.2, 0.25) is 0 Å². The first kappa shape index (κ1) is 17.3. The highest BCUT2D eigenvalue weighted by molar-refractivity contribution is 7.80. The van der Waals surface area contributed by atoms with E-state index in [4.69, 9.17) is 27.4 Å². The molecule has 0 heterocycles.